The summed E-state index contributed by atoms with van der Waals surface area (Å²) in [6.45, 7) is 7.12. The van der Waals surface area contributed by atoms with E-state index in [4.69, 9.17) is 14.2 Å². The van der Waals surface area contributed by atoms with Crippen LogP contribution in [0.4, 0.5) is 13.6 Å². The van der Waals surface area contributed by atoms with Gasteiger partial charge in [-0.25, -0.2) is 14.8 Å². The Morgan fingerprint density at radius 3 is 2.49 bits per heavy atom. The molecule has 0 unspecified atom stereocenters. The topological polar surface area (TPSA) is 120 Å². The van der Waals surface area contributed by atoms with Gasteiger partial charge in [0.2, 0.25) is 11.8 Å². The van der Waals surface area contributed by atoms with E-state index in [1.807, 2.05) is 20.8 Å². The van der Waals surface area contributed by atoms with Crippen molar-refractivity contribution >= 4 is 28.8 Å². The predicted octanol–water partition coefficient (Wildman–Crippen LogP) is 6.33. The summed E-state index contributed by atoms with van der Waals surface area (Å²) in [6, 6.07) is 3.05. The summed E-state index contributed by atoms with van der Waals surface area (Å²) < 4.78 is 49.8. The normalized spacial score (nSPS) is 32.2. The van der Waals surface area contributed by atoms with Crippen LogP contribution in [-0.2, 0) is 20.2 Å². The zero-order valence-corrected chi connectivity index (χ0v) is 27.9. The number of benzene rings is 1. The van der Waals surface area contributed by atoms with Gasteiger partial charge in [0.1, 0.15) is 23.5 Å². The molecule has 3 heterocycles. The molecule has 2 saturated carbocycles. The van der Waals surface area contributed by atoms with Crippen LogP contribution in [0.25, 0.3) is 11.0 Å². The number of nitrogens with one attached hydrogen (secondary N) is 1. The van der Waals surface area contributed by atoms with E-state index in [-0.39, 0.29) is 36.1 Å². The van der Waals surface area contributed by atoms with E-state index in [0.717, 1.165) is 25.7 Å². The van der Waals surface area contributed by atoms with Gasteiger partial charge in [-0.05, 0) is 69.9 Å². The lowest BCUT2D eigenvalue weighted by molar-refractivity contribution is -0.142. The lowest BCUT2D eigenvalue weighted by atomic mass is 9.79. The van der Waals surface area contributed by atoms with Crippen molar-refractivity contribution in [2.24, 2.45) is 17.3 Å². The van der Waals surface area contributed by atoms with Crippen molar-refractivity contribution < 1.29 is 37.4 Å². The molecule has 4 aliphatic rings. The smallest absolute Gasteiger partial charge is 0.408 e. The first-order valence-electron chi connectivity index (χ1n) is 17.0. The molecule has 6 rings (SSSR count). The van der Waals surface area contributed by atoms with Gasteiger partial charge in [-0.15, -0.1) is 0 Å². The molecule has 2 amide bonds. The molecule has 1 N–H and O–H groups in total. The average Bonchev–Trinajstić information content (AvgIpc) is 3.30. The minimum atomic E-state index is -3.36. The number of amides is 2. The fraction of sp³-hybridized carbons (Fsp3) is 0.686. The molecule has 47 heavy (non-hydrogen) atoms. The Bertz CT molecular complexity index is 1550. The molecule has 2 bridgehead atoms. The predicted molar refractivity (Wildman–Crippen MR) is 169 cm³/mol. The summed E-state index contributed by atoms with van der Waals surface area (Å²) in [4.78, 5) is 51.6. The average molecular weight is 657 g/mol. The number of methoxy groups -OCH3 is 1. The Labute approximate surface area is 274 Å². The third-order valence-electron chi connectivity index (χ3n) is 11.1. The van der Waals surface area contributed by atoms with Gasteiger partial charge in [0.05, 0.1) is 30.7 Å². The van der Waals surface area contributed by atoms with Crippen molar-refractivity contribution in [1.29, 1.82) is 0 Å². The highest BCUT2D eigenvalue weighted by Gasteiger charge is 2.56. The summed E-state index contributed by atoms with van der Waals surface area (Å²) in [5.41, 5.74) is -1.21. The fourth-order valence-corrected chi connectivity index (χ4v) is 8.19. The quantitative estimate of drug-likeness (QED) is 0.406. The summed E-state index contributed by atoms with van der Waals surface area (Å²) in [6.07, 6.45) is 3.78. The summed E-state index contributed by atoms with van der Waals surface area (Å²) in [5, 5.41) is 2.93. The Morgan fingerprint density at radius 1 is 1.09 bits per heavy atom. The van der Waals surface area contributed by atoms with Crippen LogP contribution < -0.4 is 14.8 Å². The van der Waals surface area contributed by atoms with Crippen LogP contribution in [0.15, 0.2) is 18.2 Å². The molecule has 1 saturated heterocycles. The number of hydrogen-bond acceptors (Lipinski definition) is 8. The number of fused-ring (bicyclic) bond motifs is 5. The Kier molecular flexibility index (Phi) is 8.84. The lowest BCUT2D eigenvalue weighted by Crippen LogP contribution is -2.58. The van der Waals surface area contributed by atoms with E-state index < -0.39 is 65.2 Å². The van der Waals surface area contributed by atoms with E-state index in [2.05, 4.69) is 15.3 Å². The monoisotopic (exact) mass is 656 g/mol. The van der Waals surface area contributed by atoms with Gasteiger partial charge in [-0.3, -0.25) is 9.59 Å². The number of aromatic nitrogens is 2. The number of carbonyl (C=O) groups excluding carboxylic acids is 3. The van der Waals surface area contributed by atoms with Gasteiger partial charge in [0.15, 0.2) is 11.5 Å². The van der Waals surface area contributed by atoms with Crippen LogP contribution in [0.2, 0.25) is 0 Å². The van der Waals surface area contributed by atoms with Crippen molar-refractivity contribution in [3.05, 3.63) is 23.9 Å². The van der Waals surface area contributed by atoms with Gasteiger partial charge in [-0.2, -0.15) is 8.78 Å². The van der Waals surface area contributed by atoms with Crippen molar-refractivity contribution in [3.63, 3.8) is 0 Å². The number of ketones is 1. The molecule has 1 aromatic heterocycles. The first-order valence-corrected chi connectivity index (χ1v) is 17.0. The number of alkyl halides is 2. The number of Topliss-reactive ketones (excluding diaryl/α,β-unsaturated/α-hetero) is 1. The van der Waals surface area contributed by atoms with Crippen LogP contribution in [-0.4, -0.2) is 70.1 Å². The third-order valence-corrected chi connectivity index (χ3v) is 11.1. The summed E-state index contributed by atoms with van der Waals surface area (Å²) in [7, 11) is 1.50. The van der Waals surface area contributed by atoms with Gasteiger partial charge in [0.25, 0.3) is 5.92 Å². The standard InChI is InChI=1S/C35H46F2N4O6/c1-6-23-26-19-41(27(23)20(2)42)31(43)29(33(3)14-9-10-15-33)40-32(44)47-34(4)18-21(34)11-7-8-16-35(36,37)28-30(46-26)39-25-17-22(45-5)12-13-24(25)38-28/h12-13,17,21,23,26-27,29H,6-11,14-16,18-19H2,1-5H3,(H,40,44)/t21-,23-,26+,27-,29-,34-/m1/s1. The molecule has 0 spiro atoms. The first-order chi connectivity index (χ1) is 22.3. The van der Waals surface area contributed by atoms with Gasteiger partial charge < -0.3 is 24.4 Å². The first kappa shape index (κ1) is 33.3. The molecule has 2 aromatic rings. The Hall–Kier alpha value is -3.57. The van der Waals surface area contributed by atoms with Crippen molar-refractivity contribution in [3.8, 4) is 11.6 Å². The third kappa shape index (κ3) is 6.36. The molecule has 2 aliphatic heterocycles. The molecule has 2 aliphatic carbocycles. The molecule has 6 atom stereocenters. The summed E-state index contributed by atoms with van der Waals surface area (Å²) in [5.74, 6) is -4.28. The highest BCUT2D eigenvalue weighted by Crippen LogP contribution is 2.50. The second-order valence-corrected chi connectivity index (χ2v) is 14.5. The molecule has 0 radical (unpaired) electrons. The number of alkyl carbamates (subject to hydrolysis) is 1. The van der Waals surface area contributed by atoms with E-state index in [0.29, 0.717) is 36.9 Å². The van der Waals surface area contributed by atoms with Crippen LogP contribution in [0.5, 0.6) is 11.6 Å². The maximum atomic E-state index is 16.1. The maximum absolute atomic E-state index is 16.1. The fourth-order valence-electron chi connectivity index (χ4n) is 8.19. The number of hydrogen-bond donors (Lipinski definition) is 1. The van der Waals surface area contributed by atoms with E-state index in [9.17, 15) is 14.4 Å². The summed E-state index contributed by atoms with van der Waals surface area (Å²) >= 11 is 0. The van der Waals surface area contributed by atoms with Crippen LogP contribution in [0.3, 0.4) is 0 Å². The molecular formula is C35H46F2N4O6. The zero-order chi connectivity index (χ0) is 33.7. The largest absolute Gasteiger partial charge is 0.497 e. The van der Waals surface area contributed by atoms with Crippen LogP contribution in [0, 0.1) is 17.3 Å². The van der Waals surface area contributed by atoms with E-state index in [1.54, 1.807) is 18.2 Å². The minimum Gasteiger partial charge on any atom is -0.497 e. The van der Waals surface area contributed by atoms with Crippen molar-refractivity contribution in [1.82, 2.24) is 20.2 Å². The number of nitrogens with zero attached hydrogens (tertiary/aromatic N) is 3. The highest BCUT2D eigenvalue weighted by atomic mass is 19.3. The van der Waals surface area contributed by atoms with Crippen LogP contribution in [0.1, 0.15) is 97.6 Å². The van der Waals surface area contributed by atoms with E-state index in [1.165, 1.54) is 18.9 Å². The van der Waals surface area contributed by atoms with Gasteiger partial charge >= 0.3 is 6.09 Å². The lowest BCUT2D eigenvalue weighted by Gasteiger charge is -2.37. The second-order valence-electron chi connectivity index (χ2n) is 14.5. The highest BCUT2D eigenvalue weighted by molar-refractivity contribution is 5.93. The molecular weight excluding hydrogens is 610 g/mol. The SMILES string of the molecule is CC[C@@H]1[C@@H]2CN(C(=O)[C@H](C3(C)CCCC3)NC(=O)O[C@]3(C)C[C@H]3CCCCC(F)(F)c3nc4ccc(OC)cc4nc3O2)[C@@H]1C(C)=O. The number of halogens is 2. The van der Waals surface area contributed by atoms with E-state index >= 15 is 8.78 Å². The molecule has 3 fully saturated rings. The van der Waals surface area contributed by atoms with Crippen molar-refractivity contribution in [2.45, 2.75) is 122 Å². The van der Waals surface area contributed by atoms with Gasteiger partial charge in [-0.1, -0.05) is 33.1 Å². The maximum Gasteiger partial charge on any atom is 0.408 e. The van der Waals surface area contributed by atoms with Gasteiger partial charge in [0, 0.05) is 24.3 Å². The Balaban J connectivity index is 1.43. The molecule has 12 heteroatoms. The second kappa shape index (κ2) is 12.5. The number of carbonyl (C=O) groups is 3. The molecule has 1 aromatic carbocycles. The zero-order valence-electron chi connectivity index (χ0n) is 27.9. The van der Waals surface area contributed by atoms with Crippen molar-refractivity contribution in [2.75, 3.05) is 13.7 Å². The Morgan fingerprint density at radius 2 is 1.81 bits per heavy atom. The molecule has 10 nitrogen and oxygen atoms in total. The van der Waals surface area contributed by atoms with Crippen LogP contribution >= 0.6 is 0 Å². The number of ether oxygens (including phenoxy) is 3. The number of rotatable bonds is 4. The minimum absolute atomic E-state index is 0.0342. The molecule has 256 valence electrons.